The number of hydrogen-bond acceptors (Lipinski definition) is 3. The Kier molecular flexibility index (Phi) is 6.04. The van der Waals surface area contributed by atoms with Crippen LogP contribution in [0.1, 0.15) is 24.1 Å². The van der Waals surface area contributed by atoms with Crippen LogP contribution in [0.15, 0.2) is 36.5 Å². The molecule has 1 fully saturated rings. The Morgan fingerprint density at radius 2 is 2.15 bits per heavy atom. The topological polar surface area (TPSA) is 47.4 Å². The molecular formula is C20H26FN3O2. The molecule has 1 amide bonds. The first kappa shape index (κ1) is 18.6. The highest BCUT2D eigenvalue weighted by Crippen LogP contribution is 2.25. The van der Waals surface area contributed by atoms with E-state index in [4.69, 9.17) is 4.74 Å². The lowest BCUT2D eigenvalue weighted by atomic mass is 9.87. The van der Waals surface area contributed by atoms with E-state index in [0.29, 0.717) is 32.4 Å². The smallest absolute Gasteiger partial charge is 0.223 e. The van der Waals surface area contributed by atoms with E-state index in [1.54, 1.807) is 24.1 Å². The lowest BCUT2D eigenvalue weighted by Gasteiger charge is -2.38. The molecule has 2 atom stereocenters. The molecule has 0 aliphatic carbocycles. The van der Waals surface area contributed by atoms with Gasteiger partial charge in [0.05, 0.1) is 6.10 Å². The number of nitrogens with zero attached hydrogens (tertiary/aromatic N) is 3. The van der Waals surface area contributed by atoms with Crippen LogP contribution in [0, 0.1) is 11.7 Å². The highest BCUT2D eigenvalue weighted by Gasteiger charge is 2.31. The van der Waals surface area contributed by atoms with Crippen molar-refractivity contribution < 1.29 is 13.9 Å². The van der Waals surface area contributed by atoms with Gasteiger partial charge in [-0.05, 0) is 42.9 Å². The highest BCUT2D eigenvalue weighted by atomic mass is 19.1. The lowest BCUT2D eigenvalue weighted by Crippen LogP contribution is -2.48. The normalized spacial score (nSPS) is 20.3. The van der Waals surface area contributed by atoms with Crippen LogP contribution in [0.25, 0.3) is 0 Å². The molecule has 2 heterocycles. The average Bonchev–Trinajstić information content (AvgIpc) is 3.06. The van der Waals surface area contributed by atoms with E-state index < -0.39 is 0 Å². The van der Waals surface area contributed by atoms with E-state index in [2.05, 4.69) is 5.10 Å². The summed E-state index contributed by atoms with van der Waals surface area (Å²) < 4.78 is 21.4. The van der Waals surface area contributed by atoms with Crippen LogP contribution in [0.4, 0.5) is 4.39 Å². The van der Waals surface area contributed by atoms with Gasteiger partial charge >= 0.3 is 0 Å². The second-order valence-corrected chi connectivity index (χ2v) is 6.90. The Bertz CT molecular complexity index is 746. The minimum Gasteiger partial charge on any atom is -0.379 e. The van der Waals surface area contributed by atoms with Crippen molar-refractivity contribution in [2.45, 2.75) is 31.8 Å². The third-order valence-electron chi connectivity index (χ3n) is 5.31. The number of aryl methyl sites for hydroxylation is 2. The van der Waals surface area contributed by atoms with Crippen LogP contribution < -0.4 is 0 Å². The largest absolute Gasteiger partial charge is 0.379 e. The molecule has 1 aliphatic heterocycles. The van der Waals surface area contributed by atoms with Gasteiger partial charge in [0, 0.05) is 45.6 Å². The predicted octanol–water partition coefficient (Wildman–Crippen LogP) is 2.60. The molecule has 26 heavy (non-hydrogen) atoms. The zero-order valence-corrected chi connectivity index (χ0v) is 15.4. The molecule has 2 aromatic rings. The van der Waals surface area contributed by atoms with Crippen molar-refractivity contribution in [3.8, 4) is 0 Å². The van der Waals surface area contributed by atoms with Crippen molar-refractivity contribution in [3.05, 3.63) is 53.6 Å². The molecular weight excluding hydrogens is 333 g/mol. The van der Waals surface area contributed by atoms with Crippen LogP contribution in [0.3, 0.4) is 0 Å². The number of carbonyl (C=O) groups is 1. The Morgan fingerprint density at radius 1 is 1.35 bits per heavy atom. The molecule has 1 aliphatic rings. The van der Waals surface area contributed by atoms with Crippen molar-refractivity contribution in [2.24, 2.45) is 13.0 Å². The third-order valence-corrected chi connectivity index (χ3v) is 5.31. The number of ether oxygens (including phenoxy) is 1. The van der Waals surface area contributed by atoms with Gasteiger partial charge in [-0.1, -0.05) is 18.2 Å². The standard InChI is InChI=1S/C20H26FN3O2/c1-23-17(9-11-22-23)7-8-20(25)24-12-10-16(19(14-24)26-2)13-15-5-3-4-6-18(15)21/h3-6,9,11,16,19H,7-8,10,12-14H2,1-2H3/t16-,19+/m1/s1. The molecule has 1 aromatic heterocycles. The summed E-state index contributed by atoms with van der Waals surface area (Å²) in [4.78, 5) is 14.4. The number of likely N-dealkylation sites (tertiary alicyclic amines) is 1. The predicted molar refractivity (Wildman–Crippen MR) is 97.1 cm³/mol. The molecule has 1 aromatic carbocycles. The lowest BCUT2D eigenvalue weighted by molar-refractivity contribution is -0.136. The summed E-state index contributed by atoms with van der Waals surface area (Å²) in [6, 6.07) is 8.82. The maximum absolute atomic E-state index is 13.9. The Labute approximate surface area is 153 Å². The van der Waals surface area contributed by atoms with E-state index in [1.807, 2.05) is 30.1 Å². The number of piperidine rings is 1. The van der Waals surface area contributed by atoms with Gasteiger partial charge in [-0.15, -0.1) is 0 Å². The van der Waals surface area contributed by atoms with E-state index in [9.17, 15) is 9.18 Å². The molecule has 0 saturated carbocycles. The molecule has 0 spiro atoms. The van der Waals surface area contributed by atoms with Crippen LogP contribution >= 0.6 is 0 Å². The minimum absolute atomic E-state index is 0.0657. The fourth-order valence-corrected chi connectivity index (χ4v) is 3.68. The first-order valence-electron chi connectivity index (χ1n) is 9.09. The number of carbonyl (C=O) groups excluding carboxylic acids is 1. The van der Waals surface area contributed by atoms with Gasteiger partial charge in [0.2, 0.25) is 5.91 Å². The molecule has 3 rings (SSSR count). The summed E-state index contributed by atoms with van der Waals surface area (Å²) in [5, 5.41) is 4.13. The van der Waals surface area contributed by atoms with E-state index >= 15 is 0 Å². The molecule has 5 nitrogen and oxygen atoms in total. The molecule has 0 bridgehead atoms. The first-order chi connectivity index (χ1) is 12.6. The number of halogens is 1. The van der Waals surface area contributed by atoms with Crippen molar-refractivity contribution >= 4 is 5.91 Å². The Morgan fingerprint density at radius 3 is 2.85 bits per heavy atom. The van der Waals surface area contributed by atoms with Crippen LogP contribution in [-0.2, 0) is 29.4 Å². The number of methoxy groups -OCH3 is 1. The number of benzene rings is 1. The van der Waals surface area contributed by atoms with E-state index in [1.165, 1.54) is 6.07 Å². The van der Waals surface area contributed by atoms with Gasteiger partial charge < -0.3 is 9.64 Å². The van der Waals surface area contributed by atoms with Crippen LogP contribution in [0.2, 0.25) is 0 Å². The molecule has 0 unspecified atom stereocenters. The average molecular weight is 359 g/mol. The zero-order chi connectivity index (χ0) is 18.5. The van der Waals surface area contributed by atoms with Gasteiger partial charge in [-0.3, -0.25) is 9.48 Å². The van der Waals surface area contributed by atoms with Gasteiger partial charge in [0.15, 0.2) is 0 Å². The fourth-order valence-electron chi connectivity index (χ4n) is 3.68. The van der Waals surface area contributed by atoms with E-state index in [-0.39, 0.29) is 23.7 Å². The summed E-state index contributed by atoms with van der Waals surface area (Å²) in [6.07, 6.45) is 4.29. The summed E-state index contributed by atoms with van der Waals surface area (Å²) in [5.41, 5.74) is 1.77. The third kappa shape index (κ3) is 4.30. The highest BCUT2D eigenvalue weighted by molar-refractivity contribution is 5.76. The van der Waals surface area contributed by atoms with Gasteiger partial charge in [0.25, 0.3) is 0 Å². The van der Waals surface area contributed by atoms with Crippen molar-refractivity contribution in [2.75, 3.05) is 20.2 Å². The molecule has 6 heteroatoms. The molecule has 1 saturated heterocycles. The second-order valence-electron chi connectivity index (χ2n) is 6.90. The van der Waals surface area contributed by atoms with Crippen molar-refractivity contribution in [1.29, 1.82) is 0 Å². The quantitative estimate of drug-likeness (QED) is 0.797. The summed E-state index contributed by atoms with van der Waals surface area (Å²) in [6.45, 7) is 1.27. The SMILES string of the molecule is CO[C@H]1CN(C(=O)CCc2ccnn2C)CC[C@@H]1Cc1ccccc1F. The molecule has 140 valence electrons. The van der Waals surface area contributed by atoms with Crippen LogP contribution in [0.5, 0.6) is 0 Å². The summed E-state index contributed by atoms with van der Waals surface area (Å²) >= 11 is 0. The van der Waals surface area contributed by atoms with E-state index in [0.717, 1.165) is 17.7 Å². The number of aromatic nitrogens is 2. The monoisotopic (exact) mass is 359 g/mol. The maximum atomic E-state index is 13.9. The Balaban J connectivity index is 1.56. The van der Waals surface area contributed by atoms with Gasteiger partial charge in [-0.25, -0.2) is 4.39 Å². The van der Waals surface area contributed by atoms with Gasteiger partial charge in [0.1, 0.15) is 5.82 Å². The second kappa shape index (κ2) is 8.45. The maximum Gasteiger partial charge on any atom is 0.223 e. The summed E-state index contributed by atoms with van der Waals surface area (Å²) in [7, 11) is 3.55. The number of rotatable bonds is 6. The van der Waals surface area contributed by atoms with Gasteiger partial charge in [-0.2, -0.15) is 5.10 Å². The fraction of sp³-hybridized carbons (Fsp3) is 0.500. The van der Waals surface area contributed by atoms with Crippen molar-refractivity contribution in [1.82, 2.24) is 14.7 Å². The minimum atomic E-state index is -0.169. The number of hydrogen-bond donors (Lipinski definition) is 0. The number of amides is 1. The summed E-state index contributed by atoms with van der Waals surface area (Å²) in [5.74, 6) is 0.188. The zero-order valence-electron chi connectivity index (χ0n) is 15.4. The van der Waals surface area contributed by atoms with Crippen molar-refractivity contribution in [3.63, 3.8) is 0 Å². The molecule has 0 radical (unpaired) electrons. The van der Waals surface area contributed by atoms with Crippen LogP contribution in [-0.4, -0.2) is 46.9 Å². The first-order valence-corrected chi connectivity index (χ1v) is 9.09. The molecule has 0 N–H and O–H groups in total. The Hall–Kier alpha value is -2.21.